The van der Waals surface area contributed by atoms with Gasteiger partial charge in [0.05, 0.1) is 30.8 Å². The van der Waals surface area contributed by atoms with Gasteiger partial charge in [0.25, 0.3) is 0 Å². The number of hydrogen-bond donors (Lipinski definition) is 2. The van der Waals surface area contributed by atoms with Crippen molar-refractivity contribution in [1.29, 1.82) is 10.7 Å². The van der Waals surface area contributed by atoms with Crippen LogP contribution in [-0.4, -0.2) is 24.7 Å². The van der Waals surface area contributed by atoms with Gasteiger partial charge in [-0.25, -0.2) is 5.06 Å². The molecule has 5 nitrogen and oxygen atoms in total. The van der Waals surface area contributed by atoms with Crippen molar-refractivity contribution in [3.8, 4) is 17.2 Å². The van der Waals surface area contributed by atoms with Crippen molar-refractivity contribution < 1.29 is 4.84 Å². The minimum Gasteiger partial charge on any atom is -0.344 e. The fourth-order valence-corrected chi connectivity index (χ4v) is 2.86. The van der Waals surface area contributed by atoms with Gasteiger partial charge in [0.15, 0.2) is 0 Å². The molecule has 0 aliphatic carbocycles. The van der Waals surface area contributed by atoms with E-state index in [4.69, 9.17) is 15.5 Å². The molecule has 1 heterocycles. The van der Waals surface area contributed by atoms with E-state index in [1.54, 1.807) is 13.2 Å². The van der Waals surface area contributed by atoms with Crippen molar-refractivity contribution in [3.63, 3.8) is 0 Å². The predicted octanol–water partition coefficient (Wildman–Crippen LogP) is 2.84. The number of hydroxylamine groups is 2. The summed E-state index contributed by atoms with van der Waals surface area (Å²) in [5, 5.41) is 21.7. The highest BCUT2D eigenvalue weighted by molar-refractivity contribution is 5.79. The van der Waals surface area contributed by atoms with Crippen molar-refractivity contribution in [1.82, 2.24) is 10.4 Å². The number of nitriles is 1. The van der Waals surface area contributed by atoms with Crippen molar-refractivity contribution in [3.05, 3.63) is 59.7 Å². The lowest BCUT2D eigenvalue weighted by Gasteiger charge is -2.24. The highest BCUT2D eigenvalue weighted by atomic mass is 16.7. The van der Waals surface area contributed by atoms with E-state index in [1.807, 2.05) is 43.3 Å². The molecule has 116 valence electrons. The molecule has 0 amide bonds. The standard InChI is InChI=1S/C18H18N4O/c1-18(12-22(23-2)17(20)21-18)16-8-4-7-15(10-16)14-6-3-5-13(9-14)11-19/h3-10H,12H2,1-2H3,(H2,20,21). The summed E-state index contributed by atoms with van der Waals surface area (Å²) in [6, 6.07) is 17.9. The van der Waals surface area contributed by atoms with Gasteiger partial charge in [0, 0.05) is 0 Å². The van der Waals surface area contributed by atoms with Gasteiger partial charge in [-0.1, -0.05) is 30.3 Å². The molecule has 1 fully saturated rings. The summed E-state index contributed by atoms with van der Waals surface area (Å²) in [7, 11) is 1.56. The van der Waals surface area contributed by atoms with Crippen LogP contribution in [0.3, 0.4) is 0 Å². The number of nitrogens with zero attached hydrogens (tertiary/aromatic N) is 2. The van der Waals surface area contributed by atoms with Crippen LogP contribution in [-0.2, 0) is 10.4 Å². The Labute approximate surface area is 135 Å². The topological polar surface area (TPSA) is 72.1 Å². The maximum absolute atomic E-state index is 9.06. The molecule has 0 aromatic heterocycles. The second-order valence-corrected chi connectivity index (χ2v) is 5.80. The summed E-state index contributed by atoms with van der Waals surface area (Å²) in [5.74, 6) is 0.256. The Morgan fingerprint density at radius 1 is 1.22 bits per heavy atom. The third kappa shape index (κ3) is 2.77. The number of guanidine groups is 1. The lowest BCUT2D eigenvalue weighted by atomic mass is 9.90. The quantitative estimate of drug-likeness (QED) is 0.914. The minimum atomic E-state index is -0.393. The van der Waals surface area contributed by atoms with Crippen LogP contribution >= 0.6 is 0 Å². The normalized spacial score (nSPS) is 20.2. The van der Waals surface area contributed by atoms with E-state index in [1.165, 1.54) is 5.06 Å². The first-order valence-corrected chi connectivity index (χ1v) is 7.35. The van der Waals surface area contributed by atoms with Gasteiger partial charge < -0.3 is 5.32 Å². The van der Waals surface area contributed by atoms with Crippen LogP contribution in [0.1, 0.15) is 18.1 Å². The molecule has 3 rings (SSSR count). The van der Waals surface area contributed by atoms with Crippen LogP contribution in [0, 0.1) is 16.7 Å². The Balaban J connectivity index is 1.97. The second-order valence-electron chi connectivity index (χ2n) is 5.80. The summed E-state index contributed by atoms with van der Waals surface area (Å²) >= 11 is 0. The zero-order valence-electron chi connectivity index (χ0n) is 13.1. The molecular weight excluding hydrogens is 288 g/mol. The number of hydrogen-bond acceptors (Lipinski definition) is 3. The van der Waals surface area contributed by atoms with Crippen LogP contribution in [0.25, 0.3) is 11.1 Å². The lowest BCUT2D eigenvalue weighted by molar-refractivity contribution is -0.0633. The van der Waals surface area contributed by atoms with Gasteiger partial charge in [-0.05, 0) is 41.8 Å². The fraction of sp³-hybridized carbons (Fsp3) is 0.222. The van der Waals surface area contributed by atoms with Crippen molar-refractivity contribution in [2.45, 2.75) is 12.5 Å². The third-order valence-corrected chi connectivity index (χ3v) is 4.15. The zero-order chi connectivity index (χ0) is 16.4. The van der Waals surface area contributed by atoms with Crippen LogP contribution in [0.5, 0.6) is 0 Å². The van der Waals surface area contributed by atoms with Crippen LogP contribution in [0.4, 0.5) is 0 Å². The van der Waals surface area contributed by atoms with Crippen molar-refractivity contribution >= 4 is 5.96 Å². The molecule has 0 saturated carbocycles. The summed E-state index contributed by atoms with van der Waals surface area (Å²) in [6.45, 7) is 2.61. The summed E-state index contributed by atoms with van der Waals surface area (Å²) in [5.41, 5.74) is 3.37. The zero-order valence-corrected chi connectivity index (χ0v) is 13.1. The van der Waals surface area contributed by atoms with E-state index < -0.39 is 5.54 Å². The Hall–Kier alpha value is -2.84. The molecule has 5 heteroatoms. The van der Waals surface area contributed by atoms with Gasteiger partial charge in [-0.3, -0.25) is 10.2 Å². The highest BCUT2D eigenvalue weighted by Crippen LogP contribution is 2.30. The third-order valence-electron chi connectivity index (χ3n) is 4.15. The predicted molar refractivity (Wildman–Crippen MR) is 88.5 cm³/mol. The summed E-state index contributed by atoms with van der Waals surface area (Å²) in [4.78, 5) is 5.20. The number of nitrogens with one attached hydrogen (secondary N) is 2. The van der Waals surface area contributed by atoms with Crippen molar-refractivity contribution in [2.75, 3.05) is 13.7 Å². The number of benzene rings is 2. The summed E-state index contributed by atoms with van der Waals surface area (Å²) in [6.07, 6.45) is 0. The van der Waals surface area contributed by atoms with Crippen LogP contribution in [0.15, 0.2) is 48.5 Å². The van der Waals surface area contributed by atoms with Gasteiger partial charge in [-0.2, -0.15) is 5.26 Å². The molecule has 0 spiro atoms. The molecular formula is C18H18N4O. The molecule has 1 aliphatic heterocycles. The van der Waals surface area contributed by atoms with Crippen molar-refractivity contribution in [2.24, 2.45) is 0 Å². The highest BCUT2D eigenvalue weighted by Gasteiger charge is 2.38. The van der Waals surface area contributed by atoms with E-state index in [0.717, 1.165) is 16.7 Å². The molecule has 23 heavy (non-hydrogen) atoms. The number of rotatable bonds is 3. The first kappa shape index (κ1) is 15.1. The van der Waals surface area contributed by atoms with Gasteiger partial charge in [-0.15, -0.1) is 0 Å². The molecule has 0 radical (unpaired) electrons. The Kier molecular flexibility index (Phi) is 3.77. The molecule has 1 atom stereocenters. The smallest absolute Gasteiger partial charge is 0.216 e. The minimum absolute atomic E-state index is 0.256. The molecule has 1 aliphatic rings. The van der Waals surface area contributed by atoms with Crippen LogP contribution in [0.2, 0.25) is 0 Å². The SMILES string of the molecule is CON1CC(C)(c2cccc(-c3cccc(C#N)c3)c2)NC1=N. The largest absolute Gasteiger partial charge is 0.344 e. The average Bonchev–Trinajstić information content (AvgIpc) is 2.90. The van der Waals surface area contributed by atoms with E-state index >= 15 is 0 Å². The van der Waals surface area contributed by atoms with Gasteiger partial charge >= 0.3 is 0 Å². The van der Waals surface area contributed by atoms with E-state index in [2.05, 4.69) is 17.5 Å². The Morgan fingerprint density at radius 3 is 2.57 bits per heavy atom. The average molecular weight is 306 g/mol. The van der Waals surface area contributed by atoms with Crippen LogP contribution < -0.4 is 5.32 Å². The Bertz CT molecular complexity index is 796. The molecule has 1 saturated heterocycles. The lowest BCUT2D eigenvalue weighted by Crippen LogP contribution is -2.37. The second kappa shape index (κ2) is 5.75. The fourth-order valence-electron chi connectivity index (χ4n) is 2.86. The first-order valence-electron chi connectivity index (χ1n) is 7.35. The molecule has 2 aromatic rings. The monoisotopic (exact) mass is 306 g/mol. The molecule has 2 N–H and O–H groups in total. The van der Waals surface area contributed by atoms with E-state index in [-0.39, 0.29) is 5.96 Å². The molecule has 0 bridgehead atoms. The van der Waals surface area contributed by atoms with E-state index in [9.17, 15) is 0 Å². The molecule has 1 unspecified atom stereocenters. The van der Waals surface area contributed by atoms with Gasteiger partial charge in [0.1, 0.15) is 0 Å². The molecule has 2 aromatic carbocycles. The first-order chi connectivity index (χ1) is 11.1. The van der Waals surface area contributed by atoms with Gasteiger partial charge in [0.2, 0.25) is 5.96 Å². The van der Waals surface area contributed by atoms with E-state index in [0.29, 0.717) is 12.1 Å². The summed E-state index contributed by atoms with van der Waals surface area (Å²) < 4.78 is 0. The maximum atomic E-state index is 9.06. The Morgan fingerprint density at radius 2 is 1.91 bits per heavy atom. The maximum Gasteiger partial charge on any atom is 0.216 e.